The van der Waals surface area contributed by atoms with Crippen LogP contribution in [0.1, 0.15) is 20.8 Å². The van der Waals surface area contributed by atoms with Crippen molar-refractivity contribution in [1.29, 1.82) is 0 Å². The van der Waals surface area contributed by atoms with Crippen LogP contribution in [-0.2, 0) is 0 Å². The lowest BCUT2D eigenvalue weighted by atomic mass is 9.95. The van der Waals surface area contributed by atoms with Crippen LogP contribution in [0.4, 0.5) is 0 Å². The molecule has 0 fully saturated rings. The number of aliphatic hydroxyl groups excluding tert-OH is 2. The molecule has 0 radical (unpaired) electrons. The molecule has 4 unspecified atom stereocenters. The summed E-state index contributed by atoms with van der Waals surface area (Å²) in [5.41, 5.74) is 5.41. The highest BCUT2D eigenvalue weighted by molar-refractivity contribution is 4.75. The normalized spacial score (nSPS) is 23.4. The van der Waals surface area contributed by atoms with E-state index in [0.717, 1.165) is 0 Å². The summed E-state index contributed by atoms with van der Waals surface area (Å²) in [5, 5.41) is 18.3. The Morgan fingerprint density at radius 2 is 1.50 bits per heavy atom. The van der Waals surface area contributed by atoms with Gasteiger partial charge in [-0.2, -0.15) is 0 Å². The van der Waals surface area contributed by atoms with E-state index >= 15 is 0 Å². The minimum atomic E-state index is -0.611. The molecule has 0 rings (SSSR count). The number of nitrogens with two attached hydrogens (primary N) is 1. The molecular formula is C7H17NO2. The van der Waals surface area contributed by atoms with Crippen LogP contribution in [0.3, 0.4) is 0 Å². The second kappa shape index (κ2) is 3.91. The Morgan fingerprint density at radius 3 is 1.60 bits per heavy atom. The maximum Gasteiger partial charge on any atom is 0.0738 e. The van der Waals surface area contributed by atoms with Gasteiger partial charge in [0.05, 0.1) is 12.2 Å². The van der Waals surface area contributed by atoms with E-state index in [2.05, 4.69) is 0 Å². The first-order valence-electron chi connectivity index (χ1n) is 3.58. The largest absolute Gasteiger partial charge is 0.393 e. The molecule has 0 saturated heterocycles. The molecule has 10 heavy (non-hydrogen) atoms. The lowest BCUT2D eigenvalue weighted by Gasteiger charge is -2.23. The standard InChI is InChI=1S/C7H17NO2/c1-4(6(3)9)7(10)5(2)8/h4-7,9-10H,8H2,1-3H3. The molecule has 0 aliphatic rings. The summed E-state index contributed by atoms with van der Waals surface area (Å²) in [7, 11) is 0. The van der Waals surface area contributed by atoms with Crippen LogP contribution in [-0.4, -0.2) is 28.5 Å². The van der Waals surface area contributed by atoms with E-state index in [4.69, 9.17) is 10.8 Å². The van der Waals surface area contributed by atoms with Crippen molar-refractivity contribution in [1.82, 2.24) is 0 Å². The Labute approximate surface area is 61.9 Å². The van der Waals surface area contributed by atoms with Crippen LogP contribution in [0.2, 0.25) is 0 Å². The van der Waals surface area contributed by atoms with Gasteiger partial charge in [0.15, 0.2) is 0 Å². The van der Waals surface area contributed by atoms with Crippen LogP contribution in [0.15, 0.2) is 0 Å². The minimum absolute atomic E-state index is 0.153. The summed E-state index contributed by atoms with van der Waals surface area (Å²) >= 11 is 0. The van der Waals surface area contributed by atoms with E-state index in [9.17, 15) is 5.11 Å². The maximum atomic E-state index is 9.28. The fourth-order valence-corrected chi connectivity index (χ4v) is 0.764. The van der Waals surface area contributed by atoms with Gasteiger partial charge in [-0.05, 0) is 13.8 Å². The second-order valence-electron chi connectivity index (χ2n) is 2.95. The predicted octanol–water partition coefficient (Wildman–Crippen LogP) is -0.289. The molecular weight excluding hydrogens is 130 g/mol. The van der Waals surface area contributed by atoms with Crippen molar-refractivity contribution < 1.29 is 10.2 Å². The van der Waals surface area contributed by atoms with Crippen LogP contribution in [0, 0.1) is 5.92 Å². The van der Waals surface area contributed by atoms with Crippen LogP contribution in [0.5, 0.6) is 0 Å². The van der Waals surface area contributed by atoms with E-state index < -0.39 is 12.2 Å². The predicted molar refractivity (Wildman–Crippen MR) is 40.5 cm³/mol. The summed E-state index contributed by atoms with van der Waals surface area (Å²) in [4.78, 5) is 0. The van der Waals surface area contributed by atoms with Gasteiger partial charge in [0, 0.05) is 12.0 Å². The van der Waals surface area contributed by atoms with Crippen molar-refractivity contribution in [2.24, 2.45) is 11.7 Å². The van der Waals surface area contributed by atoms with Crippen molar-refractivity contribution in [3.8, 4) is 0 Å². The average Bonchev–Trinajstić information content (AvgIpc) is 1.84. The van der Waals surface area contributed by atoms with Gasteiger partial charge in [-0.1, -0.05) is 6.92 Å². The van der Waals surface area contributed by atoms with Gasteiger partial charge in [-0.3, -0.25) is 0 Å². The zero-order valence-electron chi connectivity index (χ0n) is 6.78. The molecule has 0 aromatic rings. The van der Waals surface area contributed by atoms with Gasteiger partial charge in [-0.15, -0.1) is 0 Å². The molecule has 0 saturated carbocycles. The Balaban J connectivity index is 3.81. The van der Waals surface area contributed by atoms with Gasteiger partial charge in [-0.25, -0.2) is 0 Å². The van der Waals surface area contributed by atoms with Crippen LogP contribution < -0.4 is 5.73 Å². The van der Waals surface area contributed by atoms with Crippen LogP contribution in [0.25, 0.3) is 0 Å². The van der Waals surface area contributed by atoms with Crippen molar-refractivity contribution in [2.75, 3.05) is 0 Å². The molecule has 0 aliphatic heterocycles. The van der Waals surface area contributed by atoms with E-state index in [0.29, 0.717) is 0 Å². The summed E-state index contributed by atoms with van der Waals surface area (Å²) < 4.78 is 0. The zero-order chi connectivity index (χ0) is 8.31. The Hall–Kier alpha value is -0.120. The van der Waals surface area contributed by atoms with E-state index in [1.54, 1.807) is 20.8 Å². The Kier molecular flexibility index (Phi) is 3.86. The highest BCUT2D eigenvalue weighted by Crippen LogP contribution is 2.09. The summed E-state index contributed by atoms with van der Waals surface area (Å²) in [6, 6.07) is -0.274. The van der Waals surface area contributed by atoms with Crippen LogP contribution >= 0.6 is 0 Å². The van der Waals surface area contributed by atoms with Gasteiger partial charge < -0.3 is 15.9 Å². The molecule has 0 aliphatic carbocycles. The van der Waals surface area contributed by atoms with Crippen molar-refractivity contribution >= 4 is 0 Å². The minimum Gasteiger partial charge on any atom is -0.393 e. The topological polar surface area (TPSA) is 66.5 Å². The molecule has 3 nitrogen and oxygen atoms in total. The first-order valence-corrected chi connectivity index (χ1v) is 3.58. The molecule has 4 atom stereocenters. The van der Waals surface area contributed by atoms with E-state index in [-0.39, 0.29) is 12.0 Å². The summed E-state index contributed by atoms with van der Waals surface area (Å²) in [6.45, 7) is 5.15. The lowest BCUT2D eigenvalue weighted by Crippen LogP contribution is -2.40. The molecule has 0 amide bonds. The quantitative estimate of drug-likeness (QED) is 0.514. The summed E-state index contributed by atoms with van der Waals surface area (Å²) in [6.07, 6.45) is -1.11. The molecule has 0 bridgehead atoms. The van der Waals surface area contributed by atoms with Gasteiger partial charge in [0.1, 0.15) is 0 Å². The molecule has 0 aromatic carbocycles. The smallest absolute Gasteiger partial charge is 0.0738 e. The number of hydrogen-bond donors (Lipinski definition) is 3. The lowest BCUT2D eigenvalue weighted by molar-refractivity contribution is 0.0204. The SMILES string of the molecule is CC(N)C(O)C(C)C(C)O. The van der Waals surface area contributed by atoms with E-state index in [1.807, 2.05) is 0 Å². The third-order valence-electron chi connectivity index (χ3n) is 1.84. The molecule has 3 heteroatoms. The third-order valence-corrected chi connectivity index (χ3v) is 1.84. The monoisotopic (exact) mass is 147 g/mol. The summed E-state index contributed by atoms with van der Waals surface area (Å²) in [5.74, 6) is -0.153. The molecule has 4 N–H and O–H groups in total. The third kappa shape index (κ3) is 2.64. The van der Waals surface area contributed by atoms with Gasteiger partial charge in [0.2, 0.25) is 0 Å². The highest BCUT2D eigenvalue weighted by atomic mass is 16.3. The van der Waals surface area contributed by atoms with Crippen molar-refractivity contribution in [3.63, 3.8) is 0 Å². The van der Waals surface area contributed by atoms with Gasteiger partial charge in [0.25, 0.3) is 0 Å². The Morgan fingerprint density at radius 1 is 1.10 bits per heavy atom. The van der Waals surface area contributed by atoms with Crippen molar-refractivity contribution in [3.05, 3.63) is 0 Å². The van der Waals surface area contributed by atoms with E-state index in [1.165, 1.54) is 0 Å². The number of hydrogen-bond acceptors (Lipinski definition) is 3. The number of rotatable bonds is 3. The van der Waals surface area contributed by atoms with Gasteiger partial charge >= 0.3 is 0 Å². The van der Waals surface area contributed by atoms with Crippen molar-refractivity contribution in [2.45, 2.75) is 39.0 Å². The Bertz CT molecular complexity index is 81.6. The average molecular weight is 147 g/mol. The first-order chi connectivity index (χ1) is 4.46. The molecule has 62 valence electrons. The second-order valence-corrected chi connectivity index (χ2v) is 2.95. The first kappa shape index (κ1) is 9.88. The fourth-order valence-electron chi connectivity index (χ4n) is 0.764. The maximum absolute atomic E-state index is 9.28. The molecule has 0 heterocycles. The molecule has 0 spiro atoms. The highest BCUT2D eigenvalue weighted by Gasteiger charge is 2.21. The molecule has 0 aromatic heterocycles. The zero-order valence-corrected chi connectivity index (χ0v) is 6.78. The number of aliphatic hydroxyl groups is 2. The fraction of sp³-hybridized carbons (Fsp3) is 1.00.